The second kappa shape index (κ2) is 7.53. The largest absolute Gasteiger partial charge is 0.336 e. The lowest BCUT2D eigenvalue weighted by molar-refractivity contribution is 0.236. The number of nitrogens with one attached hydrogen (secondary N) is 2. The molecule has 2 rings (SSSR count). The van der Waals surface area contributed by atoms with Gasteiger partial charge in [0.15, 0.2) is 0 Å². The third kappa shape index (κ3) is 4.83. The van der Waals surface area contributed by atoms with Gasteiger partial charge in [-0.25, -0.2) is 14.2 Å². The molecule has 0 radical (unpaired) electrons. The minimum atomic E-state index is -0.255. The van der Waals surface area contributed by atoms with Gasteiger partial charge in [0.2, 0.25) is 0 Å². The van der Waals surface area contributed by atoms with Gasteiger partial charge in [-0.15, -0.1) is 0 Å². The van der Waals surface area contributed by atoms with E-state index in [1.807, 2.05) is 13.0 Å². The van der Waals surface area contributed by atoms with Gasteiger partial charge in [0, 0.05) is 13.1 Å². The molecule has 0 unspecified atom stereocenters. The van der Waals surface area contributed by atoms with E-state index in [0.717, 1.165) is 12.0 Å². The summed E-state index contributed by atoms with van der Waals surface area (Å²) in [5, 5.41) is 9.50. The second-order valence-corrected chi connectivity index (χ2v) is 5.20. The molecule has 2 aromatic rings. The van der Waals surface area contributed by atoms with Crippen molar-refractivity contribution in [3.05, 3.63) is 47.8 Å². The fourth-order valence-electron chi connectivity index (χ4n) is 2.06. The number of carbonyl (C=O) groups excluding carboxylic acids is 1. The topological polar surface area (TPSA) is 71.8 Å². The predicted octanol–water partition coefficient (Wildman–Crippen LogP) is 1.77. The average molecular weight is 305 g/mol. The van der Waals surface area contributed by atoms with Gasteiger partial charge in [0.1, 0.15) is 18.0 Å². The molecule has 0 aliphatic heterocycles. The molecule has 0 saturated heterocycles. The van der Waals surface area contributed by atoms with Crippen LogP contribution < -0.4 is 10.6 Å². The van der Waals surface area contributed by atoms with Crippen molar-refractivity contribution in [1.29, 1.82) is 0 Å². The molecule has 6 nitrogen and oxygen atoms in total. The lowest BCUT2D eigenvalue weighted by atomic mass is 10.1. The van der Waals surface area contributed by atoms with Crippen molar-refractivity contribution in [3.8, 4) is 0 Å². The summed E-state index contributed by atoms with van der Waals surface area (Å²) in [7, 11) is 1.77. The summed E-state index contributed by atoms with van der Waals surface area (Å²) in [6.07, 6.45) is 2.89. The maximum absolute atomic E-state index is 13.1. The van der Waals surface area contributed by atoms with Crippen LogP contribution in [0.15, 0.2) is 30.6 Å². The molecule has 1 heterocycles. The Hall–Kier alpha value is -2.44. The van der Waals surface area contributed by atoms with Crippen molar-refractivity contribution >= 4 is 6.03 Å². The van der Waals surface area contributed by atoms with Crippen LogP contribution in [0.2, 0.25) is 0 Å². The lowest BCUT2D eigenvalue weighted by Crippen LogP contribution is -2.41. The van der Waals surface area contributed by atoms with Gasteiger partial charge in [-0.2, -0.15) is 5.10 Å². The number of aromatic nitrogens is 3. The second-order valence-electron chi connectivity index (χ2n) is 5.20. The number of halogens is 1. The summed E-state index contributed by atoms with van der Waals surface area (Å²) in [6.45, 7) is 2.24. The summed E-state index contributed by atoms with van der Waals surface area (Å²) < 4.78 is 14.7. The van der Waals surface area contributed by atoms with E-state index in [2.05, 4.69) is 20.7 Å². The summed E-state index contributed by atoms with van der Waals surface area (Å²) in [6, 6.07) is 6.24. The molecule has 2 amide bonds. The molecule has 2 N–H and O–H groups in total. The average Bonchev–Trinajstić information content (AvgIpc) is 2.88. The summed E-state index contributed by atoms with van der Waals surface area (Å²) in [5.41, 5.74) is 0.924. The highest BCUT2D eigenvalue weighted by atomic mass is 19.1. The Kier molecular flexibility index (Phi) is 5.46. The van der Waals surface area contributed by atoms with Crippen molar-refractivity contribution in [1.82, 2.24) is 25.4 Å². The Bertz CT molecular complexity index is 628. The molecular formula is C15H20FN5O. The minimum absolute atomic E-state index is 0.0113. The maximum atomic E-state index is 13.1. The maximum Gasteiger partial charge on any atom is 0.315 e. The van der Waals surface area contributed by atoms with Crippen molar-refractivity contribution < 1.29 is 9.18 Å². The molecule has 1 aromatic heterocycles. The molecule has 0 aliphatic rings. The van der Waals surface area contributed by atoms with Crippen molar-refractivity contribution in [2.45, 2.75) is 32.4 Å². The normalized spacial score (nSPS) is 12.0. The van der Waals surface area contributed by atoms with Gasteiger partial charge in [-0.1, -0.05) is 12.1 Å². The molecule has 0 saturated carbocycles. The first kappa shape index (κ1) is 15.9. The number of amides is 2. The van der Waals surface area contributed by atoms with Crippen LogP contribution in [0.1, 0.15) is 24.7 Å². The first-order chi connectivity index (χ1) is 10.5. The fourth-order valence-corrected chi connectivity index (χ4v) is 2.06. The summed E-state index contributed by atoms with van der Waals surface area (Å²) >= 11 is 0. The molecule has 7 heteroatoms. The van der Waals surface area contributed by atoms with E-state index < -0.39 is 0 Å². The SMILES string of the molecule is C[C@H](CCc1cccc(F)c1)NC(=O)NCc1ncnn1C. The first-order valence-electron chi connectivity index (χ1n) is 7.16. The number of aryl methyl sites for hydroxylation is 2. The Balaban J connectivity index is 1.71. The minimum Gasteiger partial charge on any atom is -0.336 e. The van der Waals surface area contributed by atoms with Gasteiger partial charge in [-0.05, 0) is 37.5 Å². The van der Waals surface area contributed by atoms with E-state index in [-0.39, 0.29) is 17.9 Å². The first-order valence-corrected chi connectivity index (χ1v) is 7.16. The van der Waals surface area contributed by atoms with E-state index >= 15 is 0 Å². The smallest absolute Gasteiger partial charge is 0.315 e. The van der Waals surface area contributed by atoms with Gasteiger partial charge < -0.3 is 10.6 Å². The molecule has 0 spiro atoms. The summed E-state index contributed by atoms with van der Waals surface area (Å²) in [5.74, 6) is 0.446. The third-order valence-electron chi connectivity index (χ3n) is 3.34. The Morgan fingerprint density at radius 2 is 2.27 bits per heavy atom. The molecule has 1 atom stereocenters. The monoisotopic (exact) mass is 305 g/mol. The van der Waals surface area contributed by atoms with Crippen LogP contribution in [0.4, 0.5) is 9.18 Å². The number of nitrogens with zero attached hydrogens (tertiary/aromatic N) is 3. The molecule has 118 valence electrons. The number of carbonyl (C=O) groups is 1. The van der Waals surface area contributed by atoms with Crippen LogP contribution in [0.25, 0.3) is 0 Å². The number of urea groups is 1. The van der Waals surface area contributed by atoms with E-state index in [9.17, 15) is 9.18 Å². The number of benzene rings is 1. The van der Waals surface area contributed by atoms with Crippen LogP contribution >= 0.6 is 0 Å². The van der Waals surface area contributed by atoms with E-state index in [1.54, 1.807) is 17.8 Å². The van der Waals surface area contributed by atoms with E-state index in [0.29, 0.717) is 18.8 Å². The van der Waals surface area contributed by atoms with Gasteiger partial charge >= 0.3 is 6.03 Å². The fraction of sp³-hybridized carbons (Fsp3) is 0.400. The number of hydrogen-bond acceptors (Lipinski definition) is 3. The van der Waals surface area contributed by atoms with Crippen molar-refractivity contribution in [2.75, 3.05) is 0 Å². The Morgan fingerprint density at radius 1 is 1.45 bits per heavy atom. The van der Waals surface area contributed by atoms with Crippen LogP contribution in [0.5, 0.6) is 0 Å². The lowest BCUT2D eigenvalue weighted by Gasteiger charge is -2.14. The van der Waals surface area contributed by atoms with Gasteiger partial charge in [-0.3, -0.25) is 4.68 Å². The summed E-state index contributed by atoms with van der Waals surface area (Å²) in [4.78, 5) is 15.8. The predicted molar refractivity (Wildman–Crippen MR) is 80.6 cm³/mol. The Morgan fingerprint density at radius 3 is 2.95 bits per heavy atom. The quantitative estimate of drug-likeness (QED) is 0.854. The van der Waals surface area contributed by atoms with E-state index in [1.165, 1.54) is 18.5 Å². The molecule has 0 aliphatic carbocycles. The molecule has 22 heavy (non-hydrogen) atoms. The zero-order chi connectivity index (χ0) is 15.9. The highest BCUT2D eigenvalue weighted by Gasteiger charge is 2.08. The van der Waals surface area contributed by atoms with E-state index in [4.69, 9.17) is 0 Å². The molecule has 0 bridgehead atoms. The zero-order valence-corrected chi connectivity index (χ0v) is 12.7. The molecular weight excluding hydrogens is 285 g/mol. The Labute approximate surface area is 128 Å². The van der Waals surface area contributed by atoms with Crippen LogP contribution in [0, 0.1) is 5.82 Å². The molecule has 0 fully saturated rings. The number of hydrogen-bond donors (Lipinski definition) is 2. The van der Waals surface area contributed by atoms with Crippen molar-refractivity contribution in [2.24, 2.45) is 7.05 Å². The molecule has 1 aromatic carbocycles. The van der Waals surface area contributed by atoms with Gasteiger partial charge in [0.05, 0.1) is 6.54 Å². The van der Waals surface area contributed by atoms with Crippen LogP contribution in [0.3, 0.4) is 0 Å². The third-order valence-corrected chi connectivity index (χ3v) is 3.34. The highest BCUT2D eigenvalue weighted by molar-refractivity contribution is 5.74. The van der Waals surface area contributed by atoms with Crippen LogP contribution in [-0.2, 0) is 20.0 Å². The number of rotatable bonds is 6. The van der Waals surface area contributed by atoms with Crippen molar-refractivity contribution in [3.63, 3.8) is 0 Å². The van der Waals surface area contributed by atoms with Gasteiger partial charge in [0.25, 0.3) is 0 Å². The zero-order valence-electron chi connectivity index (χ0n) is 12.7. The highest BCUT2D eigenvalue weighted by Crippen LogP contribution is 2.07. The van der Waals surface area contributed by atoms with Crippen LogP contribution in [-0.4, -0.2) is 26.8 Å². The standard InChI is InChI=1S/C15H20FN5O/c1-11(6-7-12-4-3-5-13(16)8-12)20-15(22)17-9-14-18-10-19-21(14)2/h3-5,8,10-11H,6-7,9H2,1-2H3,(H2,17,20,22)/t11-/m1/s1.